The third kappa shape index (κ3) is 4.73. The maximum atomic E-state index is 4.97. The highest BCUT2D eigenvalue weighted by Gasteiger charge is 2.00. The van der Waals surface area contributed by atoms with Crippen LogP contribution in [-0.2, 0) is 17.7 Å². The Morgan fingerprint density at radius 2 is 2.00 bits per heavy atom. The molecule has 0 aliphatic heterocycles. The lowest BCUT2D eigenvalue weighted by molar-refractivity contribution is 0.199. The number of hydrogen-bond acceptors (Lipinski definition) is 5. The number of rotatable bonds is 7. The van der Waals surface area contributed by atoms with Gasteiger partial charge in [-0.25, -0.2) is 9.97 Å². The van der Waals surface area contributed by atoms with Crippen molar-refractivity contribution in [3.8, 4) is 0 Å². The maximum absolute atomic E-state index is 4.97. The fraction of sp³-hybridized carbons (Fsp3) is 0.357. The minimum absolute atomic E-state index is 0.708. The first kappa shape index (κ1) is 13.6. The topological polar surface area (TPSA) is 59.9 Å². The Kier molecular flexibility index (Phi) is 5.40. The third-order valence-electron chi connectivity index (χ3n) is 2.66. The van der Waals surface area contributed by atoms with Crippen LogP contribution in [0, 0.1) is 0 Å². The molecular formula is C14H18N4O. The number of nitrogens with zero attached hydrogens (tertiary/aromatic N) is 3. The maximum Gasteiger partial charge on any atom is 0.132 e. The third-order valence-corrected chi connectivity index (χ3v) is 2.66. The van der Waals surface area contributed by atoms with E-state index in [1.165, 1.54) is 0 Å². The number of aromatic nitrogens is 3. The molecule has 0 aromatic carbocycles. The van der Waals surface area contributed by atoms with Gasteiger partial charge in [0.25, 0.3) is 0 Å². The van der Waals surface area contributed by atoms with E-state index in [4.69, 9.17) is 4.74 Å². The molecule has 1 N–H and O–H groups in total. The van der Waals surface area contributed by atoms with E-state index in [0.717, 1.165) is 30.0 Å². The molecule has 0 amide bonds. The molecule has 5 heteroatoms. The van der Waals surface area contributed by atoms with Gasteiger partial charge in [-0.15, -0.1) is 0 Å². The molecule has 100 valence electrons. The Hall–Kier alpha value is -1.85. The molecule has 0 radical (unpaired) electrons. The van der Waals surface area contributed by atoms with Gasteiger partial charge in [0.1, 0.15) is 5.82 Å². The molecule has 19 heavy (non-hydrogen) atoms. The van der Waals surface area contributed by atoms with Gasteiger partial charge >= 0.3 is 0 Å². The van der Waals surface area contributed by atoms with Crippen molar-refractivity contribution in [1.29, 1.82) is 0 Å². The summed E-state index contributed by atoms with van der Waals surface area (Å²) in [6.07, 6.45) is 8.03. The van der Waals surface area contributed by atoms with E-state index in [1.54, 1.807) is 13.3 Å². The molecule has 0 unspecified atom stereocenters. The molecule has 5 nitrogen and oxygen atoms in total. The second kappa shape index (κ2) is 7.56. The van der Waals surface area contributed by atoms with Crippen LogP contribution >= 0.6 is 0 Å². The number of nitrogens with one attached hydrogen (secondary N) is 1. The first-order valence-corrected chi connectivity index (χ1v) is 6.27. The zero-order chi connectivity index (χ0) is 13.3. The fourth-order valence-corrected chi connectivity index (χ4v) is 1.66. The summed E-state index contributed by atoms with van der Waals surface area (Å²) in [6.45, 7) is 2.30. The van der Waals surface area contributed by atoms with Gasteiger partial charge in [-0.2, -0.15) is 0 Å². The smallest absolute Gasteiger partial charge is 0.132 e. The lowest BCUT2D eigenvalue weighted by atomic mass is 10.2. The van der Waals surface area contributed by atoms with Gasteiger partial charge in [-0.3, -0.25) is 4.98 Å². The normalized spacial score (nSPS) is 10.6. The van der Waals surface area contributed by atoms with Crippen LogP contribution in [0.25, 0.3) is 0 Å². The van der Waals surface area contributed by atoms with Gasteiger partial charge in [0.2, 0.25) is 0 Å². The first-order chi connectivity index (χ1) is 9.38. The Bertz CT molecular complexity index is 473. The Morgan fingerprint density at radius 3 is 2.68 bits per heavy atom. The van der Waals surface area contributed by atoms with Crippen molar-refractivity contribution < 1.29 is 4.74 Å². The van der Waals surface area contributed by atoms with Gasteiger partial charge < -0.3 is 10.1 Å². The van der Waals surface area contributed by atoms with Crippen LogP contribution < -0.4 is 5.32 Å². The molecule has 2 heterocycles. The lowest BCUT2D eigenvalue weighted by Gasteiger charge is -2.04. The molecule has 0 atom stereocenters. The number of methoxy groups -OCH3 is 1. The van der Waals surface area contributed by atoms with Crippen LogP contribution in [0.3, 0.4) is 0 Å². The SMILES string of the molecule is COCCNCc1cnc(Cc2cccnc2)nc1. The highest BCUT2D eigenvalue weighted by molar-refractivity contribution is 5.15. The second-order valence-corrected chi connectivity index (χ2v) is 4.22. The Labute approximate surface area is 113 Å². The Morgan fingerprint density at radius 1 is 1.16 bits per heavy atom. The van der Waals surface area contributed by atoms with E-state index in [-0.39, 0.29) is 0 Å². The van der Waals surface area contributed by atoms with Crippen LogP contribution in [0.5, 0.6) is 0 Å². The van der Waals surface area contributed by atoms with E-state index in [2.05, 4.69) is 20.3 Å². The fourth-order valence-electron chi connectivity index (χ4n) is 1.66. The molecule has 0 aliphatic carbocycles. The first-order valence-electron chi connectivity index (χ1n) is 6.27. The van der Waals surface area contributed by atoms with Crippen molar-refractivity contribution in [2.24, 2.45) is 0 Å². The summed E-state index contributed by atoms with van der Waals surface area (Å²) < 4.78 is 4.97. The monoisotopic (exact) mass is 258 g/mol. The minimum atomic E-state index is 0.708. The minimum Gasteiger partial charge on any atom is -0.383 e. The van der Waals surface area contributed by atoms with E-state index >= 15 is 0 Å². The number of ether oxygens (including phenoxy) is 1. The molecule has 0 bridgehead atoms. The van der Waals surface area contributed by atoms with Crippen molar-refractivity contribution in [2.75, 3.05) is 20.3 Å². The van der Waals surface area contributed by atoms with Crippen molar-refractivity contribution in [2.45, 2.75) is 13.0 Å². The predicted molar refractivity (Wildman–Crippen MR) is 72.7 cm³/mol. The van der Waals surface area contributed by atoms with E-state index in [9.17, 15) is 0 Å². The second-order valence-electron chi connectivity index (χ2n) is 4.22. The molecule has 0 spiro atoms. The lowest BCUT2D eigenvalue weighted by Crippen LogP contribution is -2.18. The van der Waals surface area contributed by atoms with Gasteiger partial charge in [-0.05, 0) is 11.6 Å². The average molecular weight is 258 g/mol. The van der Waals surface area contributed by atoms with Crippen molar-refractivity contribution in [3.63, 3.8) is 0 Å². The van der Waals surface area contributed by atoms with Gasteiger partial charge in [0, 0.05) is 57.0 Å². The summed E-state index contributed by atoms with van der Waals surface area (Å²) >= 11 is 0. The predicted octanol–water partition coefficient (Wildman–Crippen LogP) is 1.20. The molecular weight excluding hydrogens is 240 g/mol. The summed E-state index contributed by atoms with van der Waals surface area (Å²) in [5.74, 6) is 0.814. The summed E-state index contributed by atoms with van der Waals surface area (Å²) in [4.78, 5) is 12.8. The van der Waals surface area contributed by atoms with E-state index < -0.39 is 0 Å². The molecule has 2 aromatic heterocycles. The molecule has 2 rings (SSSR count). The van der Waals surface area contributed by atoms with Crippen molar-refractivity contribution in [3.05, 3.63) is 53.9 Å². The average Bonchev–Trinajstić information content (AvgIpc) is 2.46. The van der Waals surface area contributed by atoms with Crippen LogP contribution in [0.1, 0.15) is 17.0 Å². The Balaban J connectivity index is 1.84. The van der Waals surface area contributed by atoms with Gasteiger partial charge in [0.05, 0.1) is 6.61 Å². The zero-order valence-corrected chi connectivity index (χ0v) is 11.0. The standard InChI is InChI=1S/C14H18N4O/c1-19-6-5-16-9-13-10-17-14(18-11-13)7-12-3-2-4-15-8-12/h2-4,8,10-11,16H,5-7,9H2,1H3. The number of hydrogen-bond donors (Lipinski definition) is 1. The summed E-state index contributed by atoms with van der Waals surface area (Å²) in [7, 11) is 1.69. The van der Waals surface area contributed by atoms with Crippen LogP contribution in [0.2, 0.25) is 0 Å². The van der Waals surface area contributed by atoms with Gasteiger partial charge in [-0.1, -0.05) is 6.07 Å². The van der Waals surface area contributed by atoms with E-state index in [0.29, 0.717) is 13.0 Å². The van der Waals surface area contributed by atoms with Gasteiger partial charge in [0.15, 0.2) is 0 Å². The van der Waals surface area contributed by atoms with Crippen LogP contribution in [-0.4, -0.2) is 35.2 Å². The molecule has 0 saturated heterocycles. The largest absolute Gasteiger partial charge is 0.383 e. The summed E-state index contributed by atoms with van der Waals surface area (Å²) in [5, 5.41) is 3.26. The summed E-state index contributed by atoms with van der Waals surface area (Å²) in [6, 6.07) is 3.94. The summed E-state index contributed by atoms with van der Waals surface area (Å²) in [5.41, 5.74) is 2.19. The zero-order valence-electron chi connectivity index (χ0n) is 11.0. The molecule has 2 aromatic rings. The van der Waals surface area contributed by atoms with Crippen LogP contribution in [0.4, 0.5) is 0 Å². The highest BCUT2D eigenvalue weighted by Crippen LogP contribution is 2.03. The van der Waals surface area contributed by atoms with Crippen molar-refractivity contribution in [1.82, 2.24) is 20.3 Å². The molecule has 0 saturated carbocycles. The van der Waals surface area contributed by atoms with E-state index in [1.807, 2.05) is 30.7 Å². The molecule has 0 fully saturated rings. The quantitative estimate of drug-likeness (QED) is 0.756. The number of pyridine rings is 1. The highest BCUT2D eigenvalue weighted by atomic mass is 16.5. The molecule has 0 aliphatic rings. The van der Waals surface area contributed by atoms with Crippen molar-refractivity contribution >= 4 is 0 Å². The van der Waals surface area contributed by atoms with Crippen LogP contribution in [0.15, 0.2) is 36.9 Å².